The number of ether oxygens (including phenoxy) is 2. The van der Waals surface area contributed by atoms with Gasteiger partial charge < -0.3 is 25.2 Å². The third kappa shape index (κ3) is 4.77. The van der Waals surface area contributed by atoms with Crippen LogP contribution in [0.1, 0.15) is 49.1 Å². The van der Waals surface area contributed by atoms with Crippen LogP contribution >= 0.6 is 0 Å². The smallest absolute Gasteiger partial charge is 0.408 e. The van der Waals surface area contributed by atoms with Crippen molar-refractivity contribution in [3.63, 3.8) is 0 Å². The molecular formula is C26H30N2O6. The molecule has 2 aromatic rings. The monoisotopic (exact) mass is 466 g/mol. The van der Waals surface area contributed by atoms with E-state index in [2.05, 4.69) is 22.8 Å². The maximum Gasteiger partial charge on any atom is 0.408 e. The van der Waals surface area contributed by atoms with Gasteiger partial charge in [-0.05, 0) is 35.1 Å². The Bertz CT molecular complexity index is 1020. The van der Waals surface area contributed by atoms with E-state index in [9.17, 15) is 14.4 Å². The van der Waals surface area contributed by atoms with Crippen molar-refractivity contribution in [1.82, 2.24) is 10.6 Å². The predicted octanol–water partition coefficient (Wildman–Crippen LogP) is 3.44. The van der Waals surface area contributed by atoms with Gasteiger partial charge in [0.25, 0.3) is 0 Å². The van der Waals surface area contributed by atoms with Gasteiger partial charge in [0, 0.05) is 13.0 Å². The van der Waals surface area contributed by atoms with Gasteiger partial charge in [-0.15, -0.1) is 0 Å². The number of carboxylic acid groups (broad SMARTS) is 1. The van der Waals surface area contributed by atoms with E-state index in [4.69, 9.17) is 14.6 Å². The molecule has 2 aliphatic rings. The van der Waals surface area contributed by atoms with E-state index in [1.165, 1.54) is 7.11 Å². The second-order valence-electron chi connectivity index (χ2n) is 8.87. The zero-order chi connectivity index (χ0) is 24.1. The van der Waals surface area contributed by atoms with Crippen molar-refractivity contribution in [2.24, 2.45) is 0 Å². The Hall–Kier alpha value is -3.39. The first-order chi connectivity index (χ1) is 16.4. The fourth-order valence-electron chi connectivity index (χ4n) is 5.02. The SMILES string of the molecule is COC(CNC(=O)C1(NC(=O)OCC2c3ccccc3-c3ccccc32)CCCCC1)C(=O)O. The summed E-state index contributed by atoms with van der Waals surface area (Å²) in [5.41, 5.74) is 3.38. The first-order valence-corrected chi connectivity index (χ1v) is 11.6. The van der Waals surface area contributed by atoms with Gasteiger partial charge >= 0.3 is 12.1 Å². The first-order valence-electron chi connectivity index (χ1n) is 11.6. The molecule has 4 rings (SSSR count). The zero-order valence-corrected chi connectivity index (χ0v) is 19.2. The molecule has 0 saturated heterocycles. The molecule has 2 aliphatic carbocycles. The molecule has 34 heavy (non-hydrogen) atoms. The summed E-state index contributed by atoms with van der Waals surface area (Å²) in [6.07, 6.45) is 1.66. The largest absolute Gasteiger partial charge is 0.479 e. The van der Waals surface area contributed by atoms with Gasteiger partial charge in [0.2, 0.25) is 5.91 Å². The lowest BCUT2D eigenvalue weighted by Crippen LogP contribution is -2.60. The van der Waals surface area contributed by atoms with Crippen molar-refractivity contribution >= 4 is 18.0 Å². The fraction of sp³-hybridized carbons (Fsp3) is 0.423. The van der Waals surface area contributed by atoms with Crippen LogP contribution in [0.15, 0.2) is 48.5 Å². The molecule has 3 N–H and O–H groups in total. The van der Waals surface area contributed by atoms with Gasteiger partial charge in [0.05, 0.1) is 6.54 Å². The molecule has 0 heterocycles. The van der Waals surface area contributed by atoms with E-state index in [0.717, 1.165) is 41.5 Å². The molecule has 8 heteroatoms. The molecule has 1 saturated carbocycles. The Morgan fingerprint density at radius 2 is 1.59 bits per heavy atom. The number of carbonyl (C=O) groups excluding carboxylic acids is 2. The second kappa shape index (κ2) is 10.3. The minimum Gasteiger partial charge on any atom is -0.479 e. The number of carboxylic acids is 1. The summed E-state index contributed by atoms with van der Waals surface area (Å²) in [6, 6.07) is 16.2. The fourth-order valence-corrected chi connectivity index (χ4v) is 5.02. The molecule has 1 atom stereocenters. The number of hydrogen-bond donors (Lipinski definition) is 3. The van der Waals surface area contributed by atoms with Gasteiger partial charge in [0.1, 0.15) is 12.1 Å². The van der Waals surface area contributed by atoms with Crippen LogP contribution in [0.2, 0.25) is 0 Å². The van der Waals surface area contributed by atoms with Crippen LogP contribution in [0.3, 0.4) is 0 Å². The molecule has 1 fully saturated rings. The molecular weight excluding hydrogens is 436 g/mol. The van der Waals surface area contributed by atoms with Crippen molar-refractivity contribution in [3.8, 4) is 11.1 Å². The number of alkyl carbamates (subject to hydrolysis) is 1. The summed E-state index contributed by atoms with van der Waals surface area (Å²) in [5.74, 6) is -1.65. The van der Waals surface area contributed by atoms with E-state index >= 15 is 0 Å². The standard InChI is InChI=1S/C26H30N2O6/c1-33-22(23(29)30)15-27-24(31)26(13-7-2-8-14-26)28-25(32)34-16-21-19-11-5-3-9-17(19)18-10-4-6-12-20(18)21/h3-6,9-12,21-22H,2,7-8,13-16H2,1H3,(H,27,31)(H,28,32)(H,29,30). The van der Waals surface area contributed by atoms with E-state index in [1.807, 2.05) is 36.4 Å². The van der Waals surface area contributed by atoms with Crippen LogP contribution in [0, 0.1) is 0 Å². The summed E-state index contributed by atoms with van der Waals surface area (Å²) in [6.45, 7) is -0.0267. The average Bonchev–Trinajstić information content (AvgIpc) is 3.17. The van der Waals surface area contributed by atoms with E-state index < -0.39 is 29.6 Å². The number of carbonyl (C=O) groups is 3. The minimum absolute atomic E-state index is 0.0766. The number of methoxy groups -OCH3 is 1. The predicted molar refractivity (Wildman–Crippen MR) is 125 cm³/mol. The summed E-state index contributed by atoms with van der Waals surface area (Å²) in [4.78, 5) is 37.1. The quantitative estimate of drug-likeness (QED) is 0.549. The van der Waals surface area contributed by atoms with Crippen LogP contribution in [-0.4, -0.2) is 55.0 Å². The third-order valence-corrected chi connectivity index (χ3v) is 6.83. The summed E-state index contributed by atoms with van der Waals surface area (Å²) in [7, 11) is 1.27. The van der Waals surface area contributed by atoms with Gasteiger partial charge in [-0.1, -0.05) is 67.8 Å². The Balaban J connectivity index is 1.43. The van der Waals surface area contributed by atoms with Gasteiger partial charge in [-0.3, -0.25) is 4.79 Å². The van der Waals surface area contributed by atoms with Crippen molar-refractivity contribution in [1.29, 1.82) is 0 Å². The Morgan fingerprint density at radius 3 is 2.15 bits per heavy atom. The molecule has 0 aliphatic heterocycles. The van der Waals surface area contributed by atoms with Crippen molar-refractivity contribution < 1.29 is 29.0 Å². The van der Waals surface area contributed by atoms with Crippen LogP contribution in [-0.2, 0) is 19.1 Å². The van der Waals surface area contributed by atoms with Gasteiger partial charge in [0.15, 0.2) is 6.10 Å². The zero-order valence-electron chi connectivity index (χ0n) is 19.2. The number of benzene rings is 2. The van der Waals surface area contributed by atoms with Crippen molar-refractivity contribution in [3.05, 3.63) is 59.7 Å². The van der Waals surface area contributed by atoms with Crippen LogP contribution in [0.4, 0.5) is 4.79 Å². The molecule has 8 nitrogen and oxygen atoms in total. The summed E-state index contributed by atoms with van der Waals surface area (Å²) in [5, 5.41) is 14.6. The third-order valence-electron chi connectivity index (χ3n) is 6.83. The Labute approximate surface area is 198 Å². The Kier molecular flexibility index (Phi) is 7.17. The van der Waals surface area contributed by atoms with Crippen molar-refractivity contribution in [2.45, 2.75) is 49.7 Å². The minimum atomic E-state index is -1.16. The molecule has 0 radical (unpaired) electrons. The summed E-state index contributed by atoms with van der Waals surface area (Å²) >= 11 is 0. The molecule has 1 unspecified atom stereocenters. The normalized spacial score (nSPS) is 17.2. The molecule has 0 aromatic heterocycles. The number of hydrogen-bond acceptors (Lipinski definition) is 5. The highest BCUT2D eigenvalue weighted by Crippen LogP contribution is 2.44. The lowest BCUT2D eigenvalue weighted by molar-refractivity contribution is -0.148. The molecule has 2 amide bonds. The summed E-state index contributed by atoms with van der Waals surface area (Å²) < 4.78 is 10.5. The molecule has 0 bridgehead atoms. The Morgan fingerprint density at radius 1 is 1.00 bits per heavy atom. The van der Waals surface area contributed by atoms with E-state index in [1.54, 1.807) is 0 Å². The van der Waals surface area contributed by atoms with E-state index in [-0.39, 0.29) is 19.1 Å². The van der Waals surface area contributed by atoms with Crippen LogP contribution in [0.25, 0.3) is 11.1 Å². The number of amides is 2. The van der Waals surface area contributed by atoms with Gasteiger partial charge in [-0.25, -0.2) is 9.59 Å². The maximum absolute atomic E-state index is 13.1. The number of aliphatic carboxylic acids is 1. The van der Waals surface area contributed by atoms with Crippen LogP contribution < -0.4 is 10.6 Å². The van der Waals surface area contributed by atoms with Gasteiger partial charge in [-0.2, -0.15) is 0 Å². The second-order valence-corrected chi connectivity index (χ2v) is 8.87. The molecule has 0 spiro atoms. The number of rotatable bonds is 8. The highest BCUT2D eigenvalue weighted by Gasteiger charge is 2.42. The van der Waals surface area contributed by atoms with E-state index in [0.29, 0.717) is 12.8 Å². The number of fused-ring (bicyclic) bond motifs is 3. The van der Waals surface area contributed by atoms with Crippen molar-refractivity contribution in [2.75, 3.05) is 20.3 Å². The topological polar surface area (TPSA) is 114 Å². The average molecular weight is 467 g/mol. The maximum atomic E-state index is 13.1. The highest BCUT2D eigenvalue weighted by molar-refractivity contribution is 5.90. The lowest BCUT2D eigenvalue weighted by atomic mass is 9.81. The van der Waals surface area contributed by atoms with Crippen LogP contribution in [0.5, 0.6) is 0 Å². The number of nitrogens with one attached hydrogen (secondary N) is 2. The first kappa shape index (κ1) is 23.8. The molecule has 2 aromatic carbocycles. The lowest BCUT2D eigenvalue weighted by Gasteiger charge is -2.36. The highest BCUT2D eigenvalue weighted by atomic mass is 16.5. The molecule has 180 valence electrons.